The Labute approximate surface area is 125 Å². The lowest BCUT2D eigenvalue weighted by Crippen LogP contribution is -2.23. The molecule has 0 amide bonds. The molecule has 5 nitrogen and oxygen atoms in total. The molecule has 1 fully saturated rings. The molecule has 0 radical (unpaired) electrons. The Morgan fingerprint density at radius 3 is 3.00 bits per heavy atom. The van der Waals surface area contributed by atoms with Crippen molar-refractivity contribution in [2.45, 2.75) is 26.8 Å². The fourth-order valence-corrected chi connectivity index (χ4v) is 2.89. The minimum atomic E-state index is 0.674. The van der Waals surface area contributed by atoms with Gasteiger partial charge in [-0.25, -0.2) is 4.98 Å². The Hall–Kier alpha value is -1.88. The van der Waals surface area contributed by atoms with Gasteiger partial charge in [-0.05, 0) is 44.9 Å². The summed E-state index contributed by atoms with van der Waals surface area (Å²) in [7, 11) is 0. The topological polar surface area (TPSA) is 54.2 Å². The molecule has 5 heteroatoms. The zero-order valence-electron chi connectivity index (χ0n) is 12.7. The molecule has 1 N–H and O–H groups in total. The monoisotopic (exact) mass is 286 g/mol. The number of anilines is 1. The smallest absolute Gasteiger partial charge is 0.138 e. The van der Waals surface area contributed by atoms with Gasteiger partial charge in [0.1, 0.15) is 11.6 Å². The average Bonchev–Trinajstić information content (AvgIpc) is 3.08. The second-order valence-corrected chi connectivity index (χ2v) is 5.79. The van der Waals surface area contributed by atoms with Crippen LogP contribution in [0.15, 0.2) is 28.9 Å². The quantitative estimate of drug-likeness (QED) is 0.915. The van der Waals surface area contributed by atoms with E-state index in [1.54, 1.807) is 0 Å². The Balaban J connectivity index is 1.49. The molecular formula is C16H22N4O. The lowest BCUT2D eigenvalue weighted by Gasteiger charge is -2.16. The van der Waals surface area contributed by atoms with E-state index in [2.05, 4.69) is 20.4 Å². The van der Waals surface area contributed by atoms with Gasteiger partial charge in [0.15, 0.2) is 0 Å². The molecule has 3 heterocycles. The zero-order chi connectivity index (χ0) is 14.7. The molecule has 1 aliphatic heterocycles. The summed E-state index contributed by atoms with van der Waals surface area (Å²) in [5, 5.41) is 7.45. The molecule has 112 valence electrons. The van der Waals surface area contributed by atoms with E-state index in [0.717, 1.165) is 43.5 Å². The lowest BCUT2D eigenvalue weighted by molar-refractivity contribution is 0.315. The highest BCUT2D eigenvalue weighted by atomic mass is 16.5. The Kier molecular flexibility index (Phi) is 4.20. The van der Waals surface area contributed by atoms with E-state index >= 15 is 0 Å². The second-order valence-electron chi connectivity index (χ2n) is 5.79. The minimum absolute atomic E-state index is 0.674. The maximum Gasteiger partial charge on any atom is 0.138 e. The number of hydrogen-bond donors (Lipinski definition) is 1. The van der Waals surface area contributed by atoms with Crippen LogP contribution >= 0.6 is 0 Å². The van der Waals surface area contributed by atoms with E-state index in [0.29, 0.717) is 5.92 Å². The van der Waals surface area contributed by atoms with Crippen LogP contribution in [0.4, 0.5) is 5.82 Å². The van der Waals surface area contributed by atoms with Crippen molar-refractivity contribution in [3.05, 3.63) is 41.4 Å². The highest BCUT2D eigenvalue weighted by Crippen LogP contribution is 2.22. The minimum Gasteiger partial charge on any atom is -0.370 e. The fraction of sp³-hybridized carbons (Fsp3) is 0.500. The van der Waals surface area contributed by atoms with Gasteiger partial charge in [-0.15, -0.1) is 0 Å². The second kappa shape index (κ2) is 6.26. The van der Waals surface area contributed by atoms with Crippen molar-refractivity contribution in [3.8, 4) is 0 Å². The third kappa shape index (κ3) is 3.42. The molecule has 0 aromatic carbocycles. The summed E-state index contributed by atoms with van der Waals surface area (Å²) in [6.45, 7) is 8.19. The highest BCUT2D eigenvalue weighted by molar-refractivity contribution is 5.33. The standard InChI is InChI=1S/C16H22N4O/c1-12-15(13(2)21-19-12)11-20-8-6-14(10-20)9-18-16-5-3-4-7-17-16/h3-5,7,14H,6,8-11H2,1-2H3,(H,17,18)/t14-/m0/s1. The van der Waals surface area contributed by atoms with E-state index < -0.39 is 0 Å². The van der Waals surface area contributed by atoms with Crippen LogP contribution in [-0.2, 0) is 6.54 Å². The third-order valence-corrected chi connectivity index (χ3v) is 4.17. The Morgan fingerprint density at radius 2 is 2.29 bits per heavy atom. The number of rotatable bonds is 5. The summed E-state index contributed by atoms with van der Waals surface area (Å²) in [4.78, 5) is 6.78. The van der Waals surface area contributed by atoms with Gasteiger partial charge in [-0.2, -0.15) is 0 Å². The zero-order valence-corrected chi connectivity index (χ0v) is 12.7. The van der Waals surface area contributed by atoms with Gasteiger partial charge in [0.05, 0.1) is 5.69 Å². The first kappa shape index (κ1) is 14.1. The van der Waals surface area contributed by atoms with Crippen molar-refractivity contribution < 1.29 is 4.52 Å². The number of hydrogen-bond acceptors (Lipinski definition) is 5. The lowest BCUT2D eigenvalue weighted by atomic mass is 10.1. The summed E-state index contributed by atoms with van der Waals surface area (Å²) >= 11 is 0. The molecule has 0 bridgehead atoms. The average molecular weight is 286 g/mol. The number of pyridine rings is 1. The van der Waals surface area contributed by atoms with Crippen molar-refractivity contribution in [2.24, 2.45) is 5.92 Å². The predicted molar refractivity (Wildman–Crippen MR) is 82.1 cm³/mol. The third-order valence-electron chi connectivity index (χ3n) is 4.17. The SMILES string of the molecule is Cc1noc(C)c1CN1CC[C@@H](CNc2ccccn2)C1. The van der Waals surface area contributed by atoms with Crippen LogP contribution in [0.25, 0.3) is 0 Å². The molecule has 1 saturated heterocycles. The fourth-order valence-electron chi connectivity index (χ4n) is 2.89. The van der Waals surface area contributed by atoms with E-state index in [4.69, 9.17) is 4.52 Å². The van der Waals surface area contributed by atoms with E-state index in [1.807, 2.05) is 38.2 Å². The summed E-state index contributed by atoms with van der Waals surface area (Å²) in [6.07, 6.45) is 3.05. The van der Waals surface area contributed by atoms with Crippen LogP contribution in [0.5, 0.6) is 0 Å². The van der Waals surface area contributed by atoms with E-state index in [-0.39, 0.29) is 0 Å². The molecule has 0 spiro atoms. The molecule has 2 aromatic rings. The maximum atomic E-state index is 5.24. The summed E-state index contributed by atoms with van der Waals surface area (Å²) in [6, 6.07) is 5.95. The number of aryl methyl sites for hydroxylation is 2. The van der Waals surface area contributed by atoms with E-state index in [1.165, 1.54) is 12.0 Å². The molecule has 0 aliphatic carbocycles. The maximum absolute atomic E-state index is 5.24. The van der Waals surface area contributed by atoms with Crippen LogP contribution in [0.3, 0.4) is 0 Å². The van der Waals surface area contributed by atoms with Gasteiger partial charge < -0.3 is 9.84 Å². The Bertz CT molecular complexity index is 562. The number of likely N-dealkylation sites (tertiary alicyclic amines) is 1. The molecule has 3 rings (SSSR count). The number of nitrogens with one attached hydrogen (secondary N) is 1. The summed E-state index contributed by atoms with van der Waals surface area (Å²) in [5.74, 6) is 2.58. The van der Waals surface area contributed by atoms with Crippen molar-refractivity contribution >= 4 is 5.82 Å². The van der Waals surface area contributed by atoms with Gasteiger partial charge in [0, 0.05) is 31.4 Å². The molecule has 1 atom stereocenters. The summed E-state index contributed by atoms with van der Waals surface area (Å²) < 4.78 is 5.24. The number of nitrogens with zero attached hydrogens (tertiary/aromatic N) is 3. The van der Waals surface area contributed by atoms with Crippen LogP contribution < -0.4 is 5.32 Å². The predicted octanol–water partition coefficient (Wildman–Crippen LogP) is 2.62. The highest BCUT2D eigenvalue weighted by Gasteiger charge is 2.24. The molecule has 1 aliphatic rings. The van der Waals surface area contributed by atoms with Crippen LogP contribution in [-0.4, -0.2) is 34.7 Å². The van der Waals surface area contributed by atoms with Crippen LogP contribution in [0, 0.1) is 19.8 Å². The van der Waals surface area contributed by atoms with Gasteiger partial charge in [-0.1, -0.05) is 11.2 Å². The van der Waals surface area contributed by atoms with Crippen molar-refractivity contribution in [2.75, 3.05) is 25.0 Å². The number of aromatic nitrogens is 2. The largest absolute Gasteiger partial charge is 0.370 e. The molecular weight excluding hydrogens is 264 g/mol. The van der Waals surface area contributed by atoms with Gasteiger partial charge in [0.2, 0.25) is 0 Å². The van der Waals surface area contributed by atoms with Crippen molar-refractivity contribution in [3.63, 3.8) is 0 Å². The molecule has 2 aromatic heterocycles. The van der Waals surface area contributed by atoms with Crippen molar-refractivity contribution in [1.82, 2.24) is 15.0 Å². The van der Waals surface area contributed by atoms with Gasteiger partial charge in [-0.3, -0.25) is 4.90 Å². The van der Waals surface area contributed by atoms with E-state index in [9.17, 15) is 0 Å². The molecule has 21 heavy (non-hydrogen) atoms. The van der Waals surface area contributed by atoms with Crippen LogP contribution in [0.1, 0.15) is 23.4 Å². The first-order valence-corrected chi connectivity index (χ1v) is 7.51. The van der Waals surface area contributed by atoms with Crippen LogP contribution in [0.2, 0.25) is 0 Å². The van der Waals surface area contributed by atoms with Crippen molar-refractivity contribution in [1.29, 1.82) is 0 Å². The molecule has 0 saturated carbocycles. The van der Waals surface area contributed by atoms with Gasteiger partial charge >= 0.3 is 0 Å². The van der Waals surface area contributed by atoms with Gasteiger partial charge in [0.25, 0.3) is 0 Å². The molecule has 0 unspecified atom stereocenters. The first-order valence-electron chi connectivity index (χ1n) is 7.51. The summed E-state index contributed by atoms with van der Waals surface area (Å²) in [5.41, 5.74) is 2.26. The normalized spacial score (nSPS) is 19.0. The first-order chi connectivity index (χ1) is 10.2. The Morgan fingerprint density at radius 1 is 1.38 bits per heavy atom.